The summed E-state index contributed by atoms with van der Waals surface area (Å²) in [6.07, 6.45) is 0. The average Bonchev–Trinajstić information content (AvgIpc) is 2.62. The van der Waals surface area contributed by atoms with E-state index in [9.17, 15) is 9.59 Å². The Morgan fingerprint density at radius 1 is 1.41 bits per heavy atom. The number of carboxylic acids is 1. The molecule has 1 saturated heterocycles. The average molecular weight is 250 g/mol. The summed E-state index contributed by atoms with van der Waals surface area (Å²) < 4.78 is 0. The van der Waals surface area contributed by atoms with Crippen molar-refractivity contribution in [2.24, 2.45) is 4.99 Å². The van der Waals surface area contributed by atoms with Crippen molar-refractivity contribution in [2.75, 3.05) is 12.8 Å². The summed E-state index contributed by atoms with van der Waals surface area (Å²) in [4.78, 5) is 27.7. The molecule has 6 heteroatoms. The van der Waals surface area contributed by atoms with Gasteiger partial charge < -0.3 is 5.11 Å². The van der Waals surface area contributed by atoms with Crippen molar-refractivity contribution in [2.45, 2.75) is 0 Å². The van der Waals surface area contributed by atoms with Gasteiger partial charge in [-0.15, -0.1) is 0 Å². The molecule has 2 rings (SSSR count). The van der Waals surface area contributed by atoms with Crippen molar-refractivity contribution in [3.8, 4) is 0 Å². The third kappa shape index (κ3) is 2.47. The van der Waals surface area contributed by atoms with Crippen LogP contribution in [0.25, 0.3) is 0 Å². The highest BCUT2D eigenvalue weighted by Crippen LogP contribution is 2.21. The lowest BCUT2D eigenvalue weighted by molar-refractivity contribution is 0.0697. The van der Waals surface area contributed by atoms with E-state index in [-0.39, 0.29) is 10.8 Å². The van der Waals surface area contributed by atoms with Gasteiger partial charge in [0, 0.05) is 7.05 Å². The van der Waals surface area contributed by atoms with E-state index in [2.05, 4.69) is 4.99 Å². The quantitative estimate of drug-likeness (QED) is 0.873. The number of carbonyl (C=O) groups is 2. The number of aliphatic imine (C=N–C) groups is 1. The van der Waals surface area contributed by atoms with Crippen LogP contribution in [0.1, 0.15) is 10.4 Å². The van der Waals surface area contributed by atoms with Gasteiger partial charge >= 0.3 is 5.97 Å². The first kappa shape index (κ1) is 11.7. The SMILES string of the molecule is CN1C(=O)SC/C1=N\c1ccc(C(=O)O)cc1. The molecule has 1 aliphatic rings. The topological polar surface area (TPSA) is 70.0 Å². The van der Waals surface area contributed by atoms with Crippen molar-refractivity contribution in [3.05, 3.63) is 29.8 Å². The summed E-state index contributed by atoms with van der Waals surface area (Å²) in [6.45, 7) is 0. The maximum absolute atomic E-state index is 11.2. The van der Waals surface area contributed by atoms with Gasteiger partial charge in [-0.05, 0) is 24.3 Å². The first-order valence-electron chi connectivity index (χ1n) is 4.89. The molecule has 0 saturated carbocycles. The zero-order valence-electron chi connectivity index (χ0n) is 9.08. The molecule has 1 aromatic rings. The normalized spacial score (nSPS) is 17.8. The smallest absolute Gasteiger partial charge is 0.335 e. The maximum Gasteiger partial charge on any atom is 0.335 e. The second-order valence-corrected chi connectivity index (χ2v) is 4.42. The minimum absolute atomic E-state index is 0.0223. The van der Waals surface area contributed by atoms with E-state index in [1.165, 1.54) is 28.8 Å². The lowest BCUT2D eigenvalue weighted by Gasteiger charge is -2.07. The lowest BCUT2D eigenvalue weighted by atomic mass is 10.2. The molecule has 0 unspecified atom stereocenters. The standard InChI is InChI=1S/C11H10N2O3S/c1-13-9(6-17-11(13)16)12-8-4-2-7(3-5-8)10(14)15/h2-5H,6H2,1H3,(H,14,15)/b12-9+. The van der Waals surface area contributed by atoms with Crippen molar-refractivity contribution in [3.63, 3.8) is 0 Å². The van der Waals surface area contributed by atoms with Gasteiger partial charge in [0.2, 0.25) is 0 Å². The van der Waals surface area contributed by atoms with Crippen LogP contribution >= 0.6 is 11.8 Å². The Kier molecular flexibility index (Phi) is 3.14. The molecule has 1 amide bonds. The van der Waals surface area contributed by atoms with Gasteiger partial charge in [0.1, 0.15) is 5.84 Å². The minimum Gasteiger partial charge on any atom is -0.478 e. The summed E-state index contributed by atoms with van der Waals surface area (Å²) in [7, 11) is 1.67. The molecule has 0 aliphatic carbocycles. The number of hydrogen-bond donors (Lipinski definition) is 1. The number of hydrogen-bond acceptors (Lipinski definition) is 4. The molecule has 17 heavy (non-hydrogen) atoms. The molecule has 5 nitrogen and oxygen atoms in total. The zero-order chi connectivity index (χ0) is 12.4. The molecule has 1 fully saturated rings. The van der Waals surface area contributed by atoms with E-state index >= 15 is 0 Å². The summed E-state index contributed by atoms with van der Waals surface area (Å²) >= 11 is 1.20. The van der Waals surface area contributed by atoms with Gasteiger partial charge in [0.15, 0.2) is 0 Å². The fraction of sp³-hybridized carbons (Fsp3) is 0.182. The third-order valence-electron chi connectivity index (χ3n) is 2.36. The second-order valence-electron chi connectivity index (χ2n) is 3.49. The van der Waals surface area contributed by atoms with Gasteiger partial charge in [-0.3, -0.25) is 9.69 Å². The molecule has 0 bridgehead atoms. The number of rotatable bonds is 2. The number of carbonyl (C=O) groups excluding carboxylic acids is 1. The minimum atomic E-state index is -0.965. The van der Waals surface area contributed by atoms with Crippen LogP contribution in [-0.4, -0.2) is 39.9 Å². The van der Waals surface area contributed by atoms with E-state index in [0.717, 1.165) is 0 Å². The van der Waals surface area contributed by atoms with Crippen LogP contribution in [0.3, 0.4) is 0 Å². The zero-order valence-corrected chi connectivity index (χ0v) is 9.90. The molecule has 1 aromatic carbocycles. The Labute approximate surface area is 102 Å². The number of amidine groups is 1. The maximum atomic E-state index is 11.2. The highest BCUT2D eigenvalue weighted by Gasteiger charge is 2.24. The first-order valence-corrected chi connectivity index (χ1v) is 5.88. The Morgan fingerprint density at radius 3 is 2.53 bits per heavy atom. The summed E-state index contributed by atoms with van der Waals surface area (Å²) in [5.41, 5.74) is 0.867. The van der Waals surface area contributed by atoms with Gasteiger partial charge in [0.05, 0.1) is 17.0 Å². The summed E-state index contributed by atoms with van der Waals surface area (Å²) in [5, 5.41) is 8.72. The van der Waals surface area contributed by atoms with Crippen molar-refractivity contribution in [1.29, 1.82) is 0 Å². The van der Waals surface area contributed by atoms with E-state index in [4.69, 9.17) is 5.11 Å². The second kappa shape index (κ2) is 4.58. The monoisotopic (exact) mass is 250 g/mol. The molecule has 1 heterocycles. The van der Waals surface area contributed by atoms with Crippen molar-refractivity contribution < 1.29 is 14.7 Å². The number of carboxylic acid groups (broad SMARTS) is 1. The van der Waals surface area contributed by atoms with Crippen LogP contribution in [0.5, 0.6) is 0 Å². The molecule has 88 valence electrons. The first-order chi connectivity index (χ1) is 8.08. The van der Waals surface area contributed by atoms with Crippen LogP contribution in [0.2, 0.25) is 0 Å². The lowest BCUT2D eigenvalue weighted by Crippen LogP contribution is -2.23. The van der Waals surface area contributed by atoms with Gasteiger partial charge in [-0.1, -0.05) is 11.8 Å². The molecule has 1 aliphatic heterocycles. The predicted molar refractivity (Wildman–Crippen MR) is 66.1 cm³/mol. The summed E-state index contributed by atoms with van der Waals surface area (Å²) in [5.74, 6) is 0.270. The Balaban J connectivity index is 2.22. The highest BCUT2D eigenvalue weighted by atomic mass is 32.2. The molecule has 0 aromatic heterocycles. The Bertz CT molecular complexity index is 496. The van der Waals surface area contributed by atoms with Crippen LogP contribution in [0.4, 0.5) is 10.5 Å². The van der Waals surface area contributed by atoms with Crippen LogP contribution in [0, 0.1) is 0 Å². The number of amides is 1. The Morgan fingerprint density at radius 2 is 2.06 bits per heavy atom. The third-order valence-corrected chi connectivity index (χ3v) is 3.28. The number of thioether (sulfide) groups is 1. The molecule has 0 atom stereocenters. The van der Waals surface area contributed by atoms with Crippen molar-refractivity contribution >= 4 is 34.5 Å². The summed E-state index contributed by atoms with van der Waals surface area (Å²) in [6, 6.07) is 6.23. The van der Waals surface area contributed by atoms with E-state index in [1.807, 2.05) is 0 Å². The molecular formula is C11H10N2O3S. The Hall–Kier alpha value is -1.82. The van der Waals surface area contributed by atoms with Gasteiger partial charge in [-0.2, -0.15) is 0 Å². The number of aromatic carboxylic acids is 1. The fourth-order valence-corrected chi connectivity index (χ4v) is 2.17. The van der Waals surface area contributed by atoms with Crippen LogP contribution < -0.4 is 0 Å². The largest absolute Gasteiger partial charge is 0.478 e. The molecule has 0 spiro atoms. The molecule has 1 N–H and O–H groups in total. The van der Waals surface area contributed by atoms with E-state index in [0.29, 0.717) is 17.3 Å². The van der Waals surface area contributed by atoms with Gasteiger partial charge in [-0.25, -0.2) is 9.79 Å². The van der Waals surface area contributed by atoms with Crippen LogP contribution in [0.15, 0.2) is 29.3 Å². The van der Waals surface area contributed by atoms with Gasteiger partial charge in [0.25, 0.3) is 5.24 Å². The van der Waals surface area contributed by atoms with E-state index in [1.54, 1.807) is 19.2 Å². The predicted octanol–water partition coefficient (Wildman–Crippen LogP) is 2.21. The molecular weight excluding hydrogens is 240 g/mol. The van der Waals surface area contributed by atoms with E-state index < -0.39 is 5.97 Å². The molecule has 0 radical (unpaired) electrons. The van der Waals surface area contributed by atoms with Crippen LogP contribution in [-0.2, 0) is 0 Å². The highest BCUT2D eigenvalue weighted by molar-refractivity contribution is 8.14. The number of nitrogens with zero attached hydrogens (tertiary/aromatic N) is 2. The fourth-order valence-electron chi connectivity index (χ4n) is 1.36. The van der Waals surface area contributed by atoms with Crippen molar-refractivity contribution in [1.82, 2.24) is 4.90 Å². The number of benzene rings is 1.